The van der Waals surface area contributed by atoms with Crippen molar-refractivity contribution < 1.29 is 13.2 Å². The third kappa shape index (κ3) is 2.92. The lowest BCUT2D eigenvalue weighted by molar-refractivity contribution is 0.302. The van der Waals surface area contributed by atoms with Crippen molar-refractivity contribution in [3.8, 4) is 5.75 Å². The van der Waals surface area contributed by atoms with Crippen LogP contribution in [0.3, 0.4) is 0 Å². The molecule has 3 rings (SSSR count). The summed E-state index contributed by atoms with van der Waals surface area (Å²) in [6.45, 7) is 1.27. The van der Waals surface area contributed by atoms with Crippen LogP contribution in [-0.4, -0.2) is 32.6 Å². The lowest BCUT2D eigenvalue weighted by Crippen LogP contribution is -2.33. The van der Waals surface area contributed by atoms with Crippen LogP contribution >= 0.6 is 0 Å². The number of hydrogen-bond acceptors (Lipinski definition) is 4. The Morgan fingerprint density at radius 3 is 3.00 bits per heavy atom. The summed E-state index contributed by atoms with van der Waals surface area (Å²) in [6, 6.07) is 6.01. The molecule has 5 heteroatoms. The van der Waals surface area contributed by atoms with E-state index in [2.05, 4.69) is 11.4 Å². The first-order valence-electron chi connectivity index (χ1n) is 7.36. The molecule has 2 heterocycles. The van der Waals surface area contributed by atoms with Crippen molar-refractivity contribution in [2.75, 3.05) is 24.2 Å². The Morgan fingerprint density at radius 2 is 2.15 bits per heavy atom. The van der Waals surface area contributed by atoms with E-state index < -0.39 is 9.84 Å². The molecule has 1 unspecified atom stereocenters. The van der Waals surface area contributed by atoms with Crippen LogP contribution < -0.4 is 10.1 Å². The van der Waals surface area contributed by atoms with Crippen molar-refractivity contribution in [1.82, 2.24) is 0 Å². The van der Waals surface area contributed by atoms with Gasteiger partial charge in [-0.1, -0.05) is 12.5 Å². The Bertz CT molecular complexity index is 583. The third-order valence-corrected chi connectivity index (χ3v) is 6.41. The maximum atomic E-state index is 11.9. The van der Waals surface area contributed by atoms with E-state index in [-0.39, 0.29) is 11.9 Å². The van der Waals surface area contributed by atoms with Crippen LogP contribution in [0, 0.1) is 0 Å². The lowest BCUT2D eigenvalue weighted by atomic mass is 10.0. The van der Waals surface area contributed by atoms with Crippen LogP contribution in [0.25, 0.3) is 0 Å². The second kappa shape index (κ2) is 5.64. The SMILES string of the molecule is O=S1(=O)CCCCC1COc1ccc2c(c1)NCCC2. The van der Waals surface area contributed by atoms with Gasteiger partial charge in [-0.25, -0.2) is 8.42 Å². The highest BCUT2D eigenvalue weighted by Crippen LogP contribution is 2.27. The van der Waals surface area contributed by atoms with E-state index in [1.54, 1.807) is 0 Å². The first-order valence-corrected chi connectivity index (χ1v) is 9.08. The maximum Gasteiger partial charge on any atom is 0.156 e. The molecule has 1 atom stereocenters. The van der Waals surface area contributed by atoms with Gasteiger partial charge in [0.05, 0.1) is 11.0 Å². The monoisotopic (exact) mass is 295 g/mol. The average molecular weight is 295 g/mol. The van der Waals surface area contributed by atoms with Gasteiger partial charge in [0.2, 0.25) is 0 Å². The largest absolute Gasteiger partial charge is 0.492 e. The van der Waals surface area contributed by atoms with Crippen LogP contribution in [0.1, 0.15) is 31.2 Å². The number of anilines is 1. The predicted molar refractivity (Wildman–Crippen MR) is 80.2 cm³/mol. The molecule has 0 aliphatic carbocycles. The summed E-state index contributed by atoms with van der Waals surface area (Å²) in [6.07, 6.45) is 4.76. The highest BCUT2D eigenvalue weighted by atomic mass is 32.2. The van der Waals surface area contributed by atoms with Gasteiger partial charge < -0.3 is 10.1 Å². The molecule has 0 saturated carbocycles. The van der Waals surface area contributed by atoms with Gasteiger partial charge in [-0.3, -0.25) is 0 Å². The van der Waals surface area contributed by atoms with Crippen LogP contribution in [0.2, 0.25) is 0 Å². The topological polar surface area (TPSA) is 55.4 Å². The molecule has 1 saturated heterocycles. The molecule has 0 spiro atoms. The average Bonchev–Trinajstić information content (AvgIpc) is 2.45. The Labute approximate surface area is 120 Å². The number of aryl methyl sites for hydroxylation is 1. The van der Waals surface area contributed by atoms with E-state index >= 15 is 0 Å². The van der Waals surface area contributed by atoms with Crippen molar-refractivity contribution in [2.24, 2.45) is 0 Å². The van der Waals surface area contributed by atoms with E-state index in [0.29, 0.717) is 5.75 Å². The molecule has 4 nitrogen and oxygen atoms in total. The summed E-state index contributed by atoms with van der Waals surface area (Å²) in [7, 11) is -2.95. The number of ether oxygens (including phenoxy) is 1. The molecule has 1 N–H and O–H groups in total. The fourth-order valence-corrected chi connectivity index (χ4v) is 4.67. The van der Waals surface area contributed by atoms with Crippen LogP contribution in [0.5, 0.6) is 5.75 Å². The molecule has 1 aromatic carbocycles. The predicted octanol–water partition coefficient (Wildman–Crippen LogP) is 2.39. The third-order valence-electron chi connectivity index (χ3n) is 4.17. The zero-order valence-electron chi connectivity index (χ0n) is 11.6. The molecule has 1 fully saturated rings. The van der Waals surface area contributed by atoms with Crippen LogP contribution in [0.15, 0.2) is 18.2 Å². The molecule has 0 radical (unpaired) electrons. The second-order valence-corrected chi connectivity index (χ2v) is 8.05. The smallest absolute Gasteiger partial charge is 0.156 e. The lowest BCUT2D eigenvalue weighted by Gasteiger charge is -2.23. The van der Waals surface area contributed by atoms with Crippen LogP contribution in [0.4, 0.5) is 5.69 Å². The fraction of sp³-hybridized carbons (Fsp3) is 0.600. The normalized spacial score (nSPS) is 24.5. The summed E-state index contributed by atoms with van der Waals surface area (Å²) >= 11 is 0. The minimum atomic E-state index is -2.95. The maximum absolute atomic E-state index is 11.9. The summed E-state index contributed by atoms with van der Waals surface area (Å²) in [5, 5.41) is 3.03. The van der Waals surface area contributed by atoms with Crippen molar-refractivity contribution in [1.29, 1.82) is 0 Å². The molecule has 0 amide bonds. The number of rotatable bonds is 3. The second-order valence-electron chi connectivity index (χ2n) is 5.65. The van der Waals surface area contributed by atoms with E-state index in [4.69, 9.17) is 4.74 Å². The number of hydrogen-bond donors (Lipinski definition) is 1. The number of fused-ring (bicyclic) bond motifs is 1. The minimum absolute atomic E-state index is 0.279. The van der Waals surface area contributed by atoms with Gasteiger partial charge in [0.1, 0.15) is 12.4 Å². The summed E-state index contributed by atoms with van der Waals surface area (Å²) in [5.41, 5.74) is 2.44. The Balaban J connectivity index is 1.66. The zero-order valence-corrected chi connectivity index (χ0v) is 12.4. The van der Waals surface area contributed by atoms with Crippen molar-refractivity contribution in [2.45, 2.75) is 37.4 Å². The van der Waals surface area contributed by atoms with Gasteiger partial charge in [0.15, 0.2) is 9.84 Å². The van der Waals surface area contributed by atoms with Crippen LogP contribution in [-0.2, 0) is 16.3 Å². The Morgan fingerprint density at radius 1 is 1.25 bits per heavy atom. The Hall–Kier alpha value is -1.23. The molecule has 2 aliphatic heterocycles. The van der Waals surface area contributed by atoms with Gasteiger partial charge in [-0.05, 0) is 37.3 Å². The first kappa shape index (κ1) is 13.7. The van der Waals surface area contributed by atoms with Gasteiger partial charge in [-0.2, -0.15) is 0 Å². The molecule has 20 heavy (non-hydrogen) atoms. The highest BCUT2D eigenvalue weighted by molar-refractivity contribution is 7.92. The highest BCUT2D eigenvalue weighted by Gasteiger charge is 2.29. The number of benzene rings is 1. The molecule has 0 bridgehead atoms. The zero-order chi connectivity index (χ0) is 14.0. The molecular formula is C15H21NO3S. The Kier molecular flexibility index (Phi) is 3.87. The summed E-state index contributed by atoms with van der Waals surface area (Å²) in [4.78, 5) is 0. The summed E-state index contributed by atoms with van der Waals surface area (Å²) in [5.74, 6) is 1.08. The molecule has 2 aliphatic rings. The summed E-state index contributed by atoms with van der Waals surface area (Å²) < 4.78 is 29.6. The first-order chi connectivity index (χ1) is 9.65. The van der Waals surface area contributed by atoms with E-state index in [1.165, 1.54) is 5.56 Å². The molecular weight excluding hydrogens is 274 g/mol. The fourth-order valence-electron chi connectivity index (χ4n) is 2.93. The van der Waals surface area contributed by atoms with Gasteiger partial charge >= 0.3 is 0 Å². The van der Waals surface area contributed by atoms with Crippen molar-refractivity contribution >= 4 is 15.5 Å². The van der Waals surface area contributed by atoms with Gasteiger partial charge in [0.25, 0.3) is 0 Å². The van der Waals surface area contributed by atoms with E-state index in [9.17, 15) is 8.42 Å². The molecule has 0 aromatic heterocycles. The van der Waals surface area contributed by atoms with Gasteiger partial charge in [0, 0.05) is 18.3 Å². The van der Waals surface area contributed by atoms with Crippen molar-refractivity contribution in [3.05, 3.63) is 23.8 Å². The van der Waals surface area contributed by atoms with Crippen molar-refractivity contribution in [3.63, 3.8) is 0 Å². The quantitative estimate of drug-likeness (QED) is 0.930. The van der Waals surface area contributed by atoms with E-state index in [0.717, 1.165) is 50.1 Å². The molecule has 110 valence electrons. The number of nitrogens with one attached hydrogen (secondary N) is 1. The standard InChI is InChI=1S/C15H21NO3S/c17-20(18)9-2-1-5-14(20)11-19-13-7-6-12-4-3-8-16-15(12)10-13/h6-7,10,14,16H,1-5,8-9,11H2. The molecule has 1 aromatic rings. The van der Waals surface area contributed by atoms with Gasteiger partial charge in [-0.15, -0.1) is 0 Å². The van der Waals surface area contributed by atoms with E-state index in [1.807, 2.05) is 12.1 Å². The minimum Gasteiger partial charge on any atom is -0.492 e. The number of sulfone groups is 1.